The molecule has 3 heterocycles. The lowest BCUT2D eigenvalue weighted by Gasteiger charge is -2.39. The number of likely N-dealkylation sites (tertiary alicyclic amines) is 1. The number of hydrogen-bond acceptors (Lipinski definition) is 5. The number of carbonyl (C=O) groups is 2. The van der Waals surface area contributed by atoms with E-state index in [9.17, 15) is 9.59 Å². The van der Waals surface area contributed by atoms with Crippen LogP contribution < -0.4 is 4.90 Å². The fourth-order valence-corrected chi connectivity index (χ4v) is 4.13. The van der Waals surface area contributed by atoms with E-state index in [0.717, 1.165) is 38.0 Å². The van der Waals surface area contributed by atoms with Crippen LogP contribution in [0.2, 0.25) is 5.02 Å². The molecule has 0 bridgehead atoms. The maximum Gasteiger partial charge on any atom is 0.227 e. The second kappa shape index (κ2) is 7.39. The average Bonchev–Trinajstić information content (AvgIpc) is 3.53. The summed E-state index contributed by atoms with van der Waals surface area (Å²) in [5, 5.41) is 0.536. The molecule has 8 heteroatoms. The number of carbonyl (C=O) groups excluding carboxylic acids is 2. The van der Waals surface area contributed by atoms with Gasteiger partial charge in [-0.15, -0.1) is 0 Å². The van der Waals surface area contributed by atoms with Gasteiger partial charge in [-0.3, -0.25) is 9.59 Å². The third-order valence-electron chi connectivity index (χ3n) is 5.55. The van der Waals surface area contributed by atoms with Crippen molar-refractivity contribution < 1.29 is 9.59 Å². The predicted molar refractivity (Wildman–Crippen MR) is 97.9 cm³/mol. The first-order chi connectivity index (χ1) is 12.6. The molecule has 1 aromatic rings. The molecule has 0 radical (unpaired) electrons. The van der Waals surface area contributed by atoms with Crippen LogP contribution in [0.3, 0.4) is 0 Å². The zero-order valence-corrected chi connectivity index (χ0v) is 15.6. The van der Waals surface area contributed by atoms with Gasteiger partial charge in [0.2, 0.25) is 11.8 Å². The minimum absolute atomic E-state index is 0.0550. The summed E-state index contributed by atoms with van der Waals surface area (Å²) in [6, 6.07) is 0. The SMILES string of the molecule is O=C(C1CCCN(C(=O)C2CC2)C1)N1CCN(c2ncncc2Cl)CC1. The number of piperazine rings is 1. The summed E-state index contributed by atoms with van der Waals surface area (Å²) < 4.78 is 0. The zero-order chi connectivity index (χ0) is 18.1. The third-order valence-corrected chi connectivity index (χ3v) is 5.81. The molecule has 4 rings (SSSR count). The molecule has 1 saturated carbocycles. The van der Waals surface area contributed by atoms with Crippen LogP contribution in [0, 0.1) is 11.8 Å². The van der Waals surface area contributed by atoms with Crippen molar-refractivity contribution in [3.63, 3.8) is 0 Å². The summed E-state index contributed by atoms with van der Waals surface area (Å²) >= 11 is 6.17. The van der Waals surface area contributed by atoms with Gasteiger partial charge in [0, 0.05) is 45.2 Å². The Hall–Kier alpha value is -1.89. The second-order valence-electron chi connectivity index (χ2n) is 7.40. The molecule has 26 heavy (non-hydrogen) atoms. The van der Waals surface area contributed by atoms with Crippen molar-refractivity contribution in [2.75, 3.05) is 44.2 Å². The monoisotopic (exact) mass is 377 g/mol. The fraction of sp³-hybridized carbons (Fsp3) is 0.667. The van der Waals surface area contributed by atoms with Crippen LogP contribution >= 0.6 is 11.6 Å². The van der Waals surface area contributed by atoms with Crippen LogP contribution in [0.5, 0.6) is 0 Å². The topological polar surface area (TPSA) is 69.6 Å². The van der Waals surface area contributed by atoms with Gasteiger partial charge in [0.15, 0.2) is 5.82 Å². The van der Waals surface area contributed by atoms with Gasteiger partial charge in [-0.05, 0) is 25.7 Å². The third kappa shape index (κ3) is 3.63. The Balaban J connectivity index is 1.33. The Morgan fingerprint density at radius 2 is 1.69 bits per heavy atom. The summed E-state index contributed by atoms with van der Waals surface area (Å²) in [5.74, 6) is 1.34. The minimum atomic E-state index is -0.0550. The molecule has 3 aliphatic rings. The highest BCUT2D eigenvalue weighted by atomic mass is 35.5. The summed E-state index contributed by atoms with van der Waals surface area (Å²) in [7, 11) is 0. The standard InChI is InChI=1S/C18H24ClN5O2/c19-15-10-20-12-21-16(15)22-6-8-23(9-7-22)18(26)14-2-1-5-24(11-14)17(25)13-3-4-13/h10,12-14H,1-9,11H2. The van der Waals surface area contributed by atoms with Gasteiger partial charge in [0.05, 0.1) is 12.1 Å². The van der Waals surface area contributed by atoms with Crippen molar-refractivity contribution in [2.24, 2.45) is 11.8 Å². The van der Waals surface area contributed by atoms with Crippen LogP contribution in [0.4, 0.5) is 5.82 Å². The molecule has 140 valence electrons. The highest BCUT2D eigenvalue weighted by Gasteiger charge is 2.38. The van der Waals surface area contributed by atoms with Crippen LogP contribution in [0.15, 0.2) is 12.5 Å². The van der Waals surface area contributed by atoms with Gasteiger partial charge in [0.1, 0.15) is 11.3 Å². The summed E-state index contributed by atoms with van der Waals surface area (Å²) in [4.78, 5) is 39.3. The number of anilines is 1. The Morgan fingerprint density at radius 3 is 2.38 bits per heavy atom. The largest absolute Gasteiger partial charge is 0.352 e. The zero-order valence-electron chi connectivity index (χ0n) is 14.8. The summed E-state index contributed by atoms with van der Waals surface area (Å²) in [6.45, 7) is 4.13. The predicted octanol–water partition coefficient (Wildman–Crippen LogP) is 1.43. The van der Waals surface area contributed by atoms with Gasteiger partial charge >= 0.3 is 0 Å². The van der Waals surface area contributed by atoms with E-state index in [0.29, 0.717) is 37.7 Å². The van der Waals surface area contributed by atoms with E-state index in [4.69, 9.17) is 11.6 Å². The first-order valence-corrected chi connectivity index (χ1v) is 9.79. The van der Waals surface area contributed by atoms with Crippen molar-refractivity contribution in [3.05, 3.63) is 17.5 Å². The molecular formula is C18H24ClN5O2. The first-order valence-electron chi connectivity index (χ1n) is 9.41. The molecule has 1 unspecified atom stereocenters. The lowest BCUT2D eigenvalue weighted by molar-refractivity contribution is -0.141. The van der Waals surface area contributed by atoms with Crippen molar-refractivity contribution in [1.29, 1.82) is 0 Å². The lowest BCUT2D eigenvalue weighted by Crippen LogP contribution is -2.53. The molecule has 0 spiro atoms. The molecule has 1 atom stereocenters. The highest BCUT2D eigenvalue weighted by Crippen LogP contribution is 2.33. The van der Waals surface area contributed by atoms with E-state index in [1.54, 1.807) is 6.20 Å². The van der Waals surface area contributed by atoms with Crippen LogP contribution in [-0.2, 0) is 9.59 Å². The molecule has 1 aromatic heterocycles. The molecule has 2 amide bonds. The van der Waals surface area contributed by atoms with Gasteiger partial charge in [0.25, 0.3) is 0 Å². The molecule has 7 nitrogen and oxygen atoms in total. The maximum absolute atomic E-state index is 12.9. The number of amides is 2. The Bertz CT molecular complexity index is 688. The van der Waals surface area contributed by atoms with E-state index in [1.807, 2.05) is 9.80 Å². The molecule has 3 fully saturated rings. The minimum Gasteiger partial charge on any atom is -0.352 e. The van der Waals surface area contributed by atoms with Crippen LogP contribution in [0.25, 0.3) is 0 Å². The summed E-state index contributed by atoms with van der Waals surface area (Å²) in [6.07, 6.45) is 6.92. The number of hydrogen-bond donors (Lipinski definition) is 0. The van der Waals surface area contributed by atoms with Gasteiger partial charge < -0.3 is 14.7 Å². The molecule has 2 aliphatic heterocycles. The molecule has 0 N–H and O–H groups in total. The number of halogens is 1. The van der Waals surface area contributed by atoms with Gasteiger partial charge in [-0.1, -0.05) is 11.6 Å². The van der Waals surface area contributed by atoms with Crippen LogP contribution in [0.1, 0.15) is 25.7 Å². The lowest BCUT2D eigenvalue weighted by atomic mass is 9.95. The molecule has 0 aromatic carbocycles. The molecule has 2 saturated heterocycles. The highest BCUT2D eigenvalue weighted by molar-refractivity contribution is 6.32. The van der Waals surface area contributed by atoms with E-state index in [-0.39, 0.29) is 23.7 Å². The average molecular weight is 378 g/mol. The molecular weight excluding hydrogens is 354 g/mol. The van der Waals surface area contributed by atoms with Crippen molar-refractivity contribution in [1.82, 2.24) is 19.8 Å². The number of piperidine rings is 1. The van der Waals surface area contributed by atoms with E-state index >= 15 is 0 Å². The van der Waals surface area contributed by atoms with Crippen LogP contribution in [-0.4, -0.2) is 70.9 Å². The van der Waals surface area contributed by atoms with Crippen molar-refractivity contribution in [3.8, 4) is 0 Å². The van der Waals surface area contributed by atoms with E-state index in [2.05, 4.69) is 14.9 Å². The normalized spacial score (nSPS) is 23.9. The quantitative estimate of drug-likeness (QED) is 0.797. The fourth-order valence-electron chi connectivity index (χ4n) is 3.90. The number of nitrogens with zero attached hydrogens (tertiary/aromatic N) is 5. The number of aromatic nitrogens is 2. The van der Waals surface area contributed by atoms with Gasteiger partial charge in [-0.2, -0.15) is 0 Å². The van der Waals surface area contributed by atoms with Crippen molar-refractivity contribution in [2.45, 2.75) is 25.7 Å². The smallest absolute Gasteiger partial charge is 0.227 e. The first kappa shape index (κ1) is 17.5. The second-order valence-corrected chi connectivity index (χ2v) is 7.81. The Kier molecular flexibility index (Phi) is 4.98. The van der Waals surface area contributed by atoms with E-state index < -0.39 is 0 Å². The number of rotatable bonds is 3. The van der Waals surface area contributed by atoms with Gasteiger partial charge in [-0.25, -0.2) is 9.97 Å². The molecule has 1 aliphatic carbocycles. The van der Waals surface area contributed by atoms with E-state index in [1.165, 1.54) is 6.33 Å². The Morgan fingerprint density at radius 1 is 0.962 bits per heavy atom. The maximum atomic E-state index is 12.9. The Labute approximate surface area is 158 Å². The van der Waals surface area contributed by atoms with Crippen molar-refractivity contribution >= 4 is 29.2 Å². The summed E-state index contributed by atoms with van der Waals surface area (Å²) in [5.41, 5.74) is 0.